The van der Waals surface area contributed by atoms with E-state index in [0.717, 1.165) is 16.9 Å². The normalized spacial score (nSPS) is 19.5. The molecule has 2 aliphatic rings. The number of rotatable bonds is 5. The highest BCUT2D eigenvalue weighted by Gasteiger charge is 2.31. The Morgan fingerprint density at radius 1 is 0.955 bits per heavy atom. The van der Waals surface area contributed by atoms with Gasteiger partial charge in [-0.25, -0.2) is 0 Å². The summed E-state index contributed by atoms with van der Waals surface area (Å²) in [6, 6.07) is 10.6. The van der Waals surface area contributed by atoms with Gasteiger partial charge in [-0.2, -0.15) is 0 Å². The predicted octanol–water partition coefficient (Wildman–Crippen LogP) is 4.82. The van der Waals surface area contributed by atoms with Crippen LogP contribution in [0.5, 0.6) is 0 Å². The lowest BCUT2D eigenvalue weighted by molar-refractivity contribution is 0.390. The molecule has 0 unspecified atom stereocenters. The topological polar surface area (TPSA) is 30.7 Å². The Bertz CT molecular complexity index is 613. The Hall–Kier alpha value is -1.29. The van der Waals surface area contributed by atoms with E-state index < -0.39 is 0 Å². The molecule has 0 N–H and O–H groups in total. The Balaban J connectivity index is 1.56. The zero-order valence-corrected chi connectivity index (χ0v) is 13.8. The molecular weight excluding hydrogens is 290 g/mol. The minimum absolute atomic E-state index is 0.622. The third-order valence-electron chi connectivity index (χ3n) is 4.79. The third kappa shape index (κ3) is 3.07. The van der Waals surface area contributed by atoms with Crippen LogP contribution in [0.1, 0.15) is 56.7 Å². The highest BCUT2D eigenvalue weighted by molar-refractivity contribution is 7.99. The van der Waals surface area contributed by atoms with E-state index in [9.17, 15) is 0 Å². The molecule has 4 heteroatoms. The molecule has 1 aromatic carbocycles. The van der Waals surface area contributed by atoms with Crippen molar-refractivity contribution in [2.75, 3.05) is 5.75 Å². The molecule has 22 heavy (non-hydrogen) atoms. The van der Waals surface area contributed by atoms with Gasteiger partial charge in [0.15, 0.2) is 5.16 Å². The van der Waals surface area contributed by atoms with Gasteiger partial charge in [0.05, 0.1) is 0 Å². The van der Waals surface area contributed by atoms with E-state index in [2.05, 4.69) is 45.1 Å². The van der Waals surface area contributed by atoms with Gasteiger partial charge in [-0.1, -0.05) is 49.2 Å². The van der Waals surface area contributed by atoms with E-state index in [-0.39, 0.29) is 0 Å². The van der Waals surface area contributed by atoms with E-state index in [1.165, 1.54) is 56.4 Å². The number of para-hydroxylation sites is 1. The zero-order valence-electron chi connectivity index (χ0n) is 12.9. The SMILES string of the molecule is c1ccc(-n2c(SCC3CCCCC3)nnc2C2CC2)cc1. The van der Waals surface area contributed by atoms with E-state index in [4.69, 9.17) is 0 Å². The second kappa shape index (κ2) is 6.45. The smallest absolute Gasteiger partial charge is 0.195 e. The number of hydrogen-bond donors (Lipinski definition) is 0. The quantitative estimate of drug-likeness (QED) is 0.742. The number of thioether (sulfide) groups is 1. The fourth-order valence-electron chi connectivity index (χ4n) is 3.35. The summed E-state index contributed by atoms with van der Waals surface area (Å²) in [4.78, 5) is 0. The maximum atomic E-state index is 4.51. The molecular formula is C18H23N3S. The van der Waals surface area contributed by atoms with E-state index >= 15 is 0 Å². The fraction of sp³-hybridized carbons (Fsp3) is 0.556. The summed E-state index contributed by atoms with van der Waals surface area (Å²) in [6.45, 7) is 0. The lowest BCUT2D eigenvalue weighted by Gasteiger charge is -2.20. The molecule has 2 saturated carbocycles. The van der Waals surface area contributed by atoms with E-state index in [1.54, 1.807) is 0 Å². The Morgan fingerprint density at radius 3 is 2.45 bits per heavy atom. The minimum atomic E-state index is 0.622. The van der Waals surface area contributed by atoms with Gasteiger partial charge in [-0.15, -0.1) is 10.2 Å². The summed E-state index contributed by atoms with van der Waals surface area (Å²) < 4.78 is 2.30. The van der Waals surface area contributed by atoms with Crippen LogP contribution in [-0.4, -0.2) is 20.5 Å². The Kier molecular flexibility index (Phi) is 4.20. The highest BCUT2D eigenvalue weighted by Crippen LogP contribution is 2.41. The standard InChI is InChI=1S/C18H23N3S/c1-3-7-14(8-4-1)13-22-18-20-19-17(15-11-12-15)21(18)16-9-5-2-6-10-16/h2,5-6,9-10,14-15H,1,3-4,7-8,11-13H2. The minimum Gasteiger partial charge on any atom is -0.274 e. The van der Waals surface area contributed by atoms with Crippen LogP contribution in [0.2, 0.25) is 0 Å². The molecule has 1 heterocycles. The molecule has 116 valence electrons. The van der Waals surface area contributed by atoms with Crippen molar-refractivity contribution in [2.45, 2.75) is 56.0 Å². The van der Waals surface area contributed by atoms with Gasteiger partial charge in [0, 0.05) is 17.4 Å². The summed E-state index contributed by atoms with van der Waals surface area (Å²) in [5, 5.41) is 10.1. The average Bonchev–Trinajstić information content (AvgIpc) is 3.34. The second-order valence-corrected chi connectivity index (χ2v) is 7.59. The van der Waals surface area contributed by atoms with Gasteiger partial charge in [0.2, 0.25) is 0 Å². The van der Waals surface area contributed by atoms with Crippen molar-refractivity contribution in [3.05, 3.63) is 36.2 Å². The van der Waals surface area contributed by atoms with Crippen LogP contribution < -0.4 is 0 Å². The Labute approximate surface area is 136 Å². The highest BCUT2D eigenvalue weighted by atomic mass is 32.2. The van der Waals surface area contributed by atoms with Crippen molar-refractivity contribution in [3.63, 3.8) is 0 Å². The monoisotopic (exact) mass is 313 g/mol. The number of benzene rings is 1. The molecule has 0 atom stereocenters. The van der Waals surface area contributed by atoms with Crippen molar-refractivity contribution in [1.29, 1.82) is 0 Å². The van der Waals surface area contributed by atoms with Crippen LogP contribution in [0.25, 0.3) is 5.69 Å². The van der Waals surface area contributed by atoms with Crippen molar-refractivity contribution in [3.8, 4) is 5.69 Å². The molecule has 3 nitrogen and oxygen atoms in total. The number of hydrogen-bond acceptors (Lipinski definition) is 3. The van der Waals surface area contributed by atoms with Crippen LogP contribution in [0.15, 0.2) is 35.5 Å². The van der Waals surface area contributed by atoms with E-state index in [1.807, 2.05) is 11.8 Å². The number of nitrogens with zero attached hydrogens (tertiary/aromatic N) is 3. The first-order valence-corrected chi connectivity index (χ1v) is 9.54. The van der Waals surface area contributed by atoms with Gasteiger partial charge < -0.3 is 0 Å². The summed E-state index contributed by atoms with van der Waals surface area (Å²) in [5.74, 6) is 3.84. The summed E-state index contributed by atoms with van der Waals surface area (Å²) in [5.41, 5.74) is 1.21. The second-order valence-electron chi connectivity index (χ2n) is 6.60. The lowest BCUT2D eigenvalue weighted by Crippen LogP contribution is -2.09. The van der Waals surface area contributed by atoms with Gasteiger partial charge in [0.1, 0.15) is 5.82 Å². The van der Waals surface area contributed by atoms with Crippen LogP contribution in [0, 0.1) is 5.92 Å². The van der Waals surface area contributed by atoms with Crippen molar-refractivity contribution < 1.29 is 0 Å². The van der Waals surface area contributed by atoms with Gasteiger partial charge in [-0.05, 0) is 43.7 Å². The maximum absolute atomic E-state index is 4.51. The van der Waals surface area contributed by atoms with Crippen molar-refractivity contribution in [2.24, 2.45) is 5.92 Å². The summed E-state index contributed by atoms with van der Waals surface area (Å²) in [6.07, 6.45) is 9.54. The molecule has 4 rings (SSSR count). The molecule has 2 aliphatic carbocycles. The van der Waals surface area contributed by atoms with Gasteiger partial charge >= 0.3 is 0 Å². The molecule has 0 spiro atoms. The molecule has 0 aliphatic heterocycles. The largest absolute Gasteiger partial charge is 0.274 e. The third-order valence-corrected chi connectivity index (χ3v) is 5.95. The molecule has 0 radical (unpaired) electrons. The van der Waals surface area contributed by atoms with Crippen LogP contribution in [0.3, 0.4) is 0 Å². The fourth-order valence-corrected chi connectivity index (χ4v) is 4.49. The number of aromatic nitrogens is 3. The summed E-state index contributed by atoms with van der Waals surface area (Å²) >= 11 is 1.90. The van der Waals surface area contributed by atoms with Gasteiger partial charge in [-0.3, -0.25) is 4.57 Å². The first kappa shape index (κ1) is 14.3. The molecule has 1 aromatic heterocycles. The average molecular weight is 313 g/mol. The predicted molar refractivity (Wildman–Crippen MR) is 90.6 cm³/mol. The first-order chi connectivity index (χ1) is 10.9. The molecule has 0 saturated heterocycles. The van der Waals surface area contributed by atoms with Crippen LogP contribution in [-0.2, 0) is 0 Å². The molecule has 0 amide bonds. The Morgan fingerprint density at radius 2 is 1.73 bits per heavy atom. The molecule has 2 aromatic rings. The zero-order chi connectivity index (χ0) is 14.8. The van der Waals surface area contributed by atoms with Crippen molar-refractivity contribution in [1.82, 2.24) is 14.8 Å². The molecule has 2 fully saturated rings. The van der Waals surface area contributed by atoms with Gasteiger partial charge in [0.25, 0.3) is 0 Å². The lowest BCUT2D eigenvalue weighted by atomic mass is 9.91. The maximum Gasteiger partial charge on any atom is 0.195 e. The van der Waals surface area contributed by atoms with Crippen molar-refractivity contribution >= 4 is 11.8 Å². The summed E-state index contributed by atoms with van der Waals surface area (Å²) in [7, 11) is 0. The van der Waals surface area contributed by atoms with E-state index in [0.29, 0.717) is 5.92 Å². The first-order valence-electron chi connectivity index (χ1n) is 8.55. The molecule has 0 bridgehead atoms. The van der Waals surface area contributed by atoms with Crippen LogP contribution >= 0.6 is 11.8 Å². The van der Waals surface area contributed by atoms with Crippen LogP contribution in [0.4, 0.5) is 0 Å².